The fourth-order valence-corrected chi connectivity index (χ4v) is 1.61. The molecule has 0 atom stereocenters. The van der Waals surface area contributed by atoms with Crippen LogP contribution < -0.4 is 5.32 Å². The minimum absolute atomic E-state index is 0.434. The molecule has 0 amide bonds. The Bertz CT molecular complexity index is 476. The summed E-state index contributed by atoms with van der Waals surface area (Å²) in [6, 6.07) is 7.98. The Morgan fingerprint density at radius 2 is 2.00 bits per heavy atom. The summed E-state index contributed by atoms with van der Waals surface area (Å²) in [4.78, 5) is 0. The van der Waals surface area contributed by atoms with Gasteiger partial charge in [-0.15, -0.1) is 5.10 Å². The first-order chi connectivity index (χ1) is 8.16. The fraction of sp³-hybridized carbons (Fsp3) is 0.333. The van der Waals surface area contributed by atoms with E-state index in [2.05, 4.69) is 29.5 Å². The smallest absolute Gasteiger partial charge is 0.0783 e. The highest BCUT2D eigenvalue weighted by Gasteiger charge is 2.06. The topological polar surface area (TPSA) is 42.7 Å². The second kappa shape index (κ2) is 5.29. The maximum absolute atomic E-state index is 5.86. The van der Waals surface area contributed by atoms with Crippen LogP contribution in [0.1, 0.15) is 19.5 Å². The van der Waals surface area contributed by atoms with E-state index in [1.807, 2.05) is 28.9 Å². The standard InChI is InChI=1S/C12H15ClN4/c1-9(2)14-7-12-8-15-16-17(12)11-5-3-10(13)4-6-11/h3-6,8-9,14H,7H2,1-2H3. The molecule has 0 saturated heterocycles. The molecule has 1 heterocycles. The molecular weight excluding hydrogens is 236 g/mol. The monoisotopic (exact) mass is 250 g/mol. The van der Waals surface area contributed by atoms with Crippen molar-refractivity contribution in [3.05, 3.63) is 41.2 Å². The fourth-order valence-electron chi connectivity index (χ4n) is 1.49. The lowest BCUT2D eigenvalue weighted by atomic mass is 10.3. The van der Waals surface area contributed by atoms with Gasteiger partial charge in [-0.1, -0.05) is 30.7 Å². The highest BCUT2D eigenvalue weighted by Crippen LogP contribution is 2.14. The van der Waals surface area contributed by atoms with Crippen LogP contribution in [0.2, 0.25) is 5.02 Å². The Morgan fingerprint density at radius 1 is 1.29 bits per heavy atom. The Morgan fingerprint density at radius 3 is 2.65 bits per heavy atom. The SMILES string of the molecule is CC(C)NCc1cnnn1-c1ccc(Cl)cc1. The van der Waals surface area contributed by atoms with E-state index < -0.39 is 0 Å². The summed E-state index contributed by atoms with van der Waals surface area (Å²) in [6.45, 7) is 4.96. The Labute approximate surface area is 106 Å². The van der Waals surface area contributed by atoms with Gasteiger partial charge in [0.2, 0.25) is 0 Å². The number of hydrogen-bond donors (Lipinski definition) is 1. The average Bonchev–Trinajstić information content (AvgIpc) is 2.75. The highest BCUT2D eigenvalue weighted by atomic mass is 35.5. The molecule has 1 aromatic carbocycles. The van der Waals surface area contributed by atoms with Crippen LogP contribution in [0.3, 0.4) is 0 Å². The average molecular weight is 251 g/mol. The molecule has 2 rings (SSSR count). The van der Waals surface area contributed by atoms with Crippen molar-refractivity contribution in [2.45, 2.75) is 26.4 Å². The van der Waals surface area contributed by atoms with Gasteiger partial charge in [-0.05, 0) is 24.3 Å². The molecule has 0 saturated carbocycles. The van der Waals surface area contributed by atoms with Crippen LogP contribution in [0.25, 0.3) is 5.69 Å². The minimum atomic E-state index is 0.434. The summed E-state index contributed by atoms with van der Waals surface area (Å²) in [5.41, 5.74) is 1.99. The molecule has 0 bridgehead atoms. The lowest BCUT2D eigenvalue weighted by Crippen LogP contribution is -2.23. The first kappa shape index (κ1) is 12.1. The number of hydrogen-bond acceptors (Lipinski definition) is 3. The zero-order valence-corrected chi connectivity index (χ0v) is 10.6. The zero-order chi connectivity index (χ0) is 12.3. The number of nitrogens with one attached hydrogen (secondary N) is 1. The number of rotatable bonds is 4. The van der Waals surface area contributed by atoms with Gasteiger partial charge >= 0.3 is 0 Å². The molecule has 1 N–H and O–H groups in total. The van der Waals surface area contributed by atoms with Gasteiger partial charge in [-0.2, -0.15) is 0 Å². The minimum Gasteiger partial charge on any atom is -0.309 e. The Balaban J connectivity index is 2.21. The normalized spacial score (nSPS) is 11.1. The van der Waals surface area contributed by atoms with Gasteiger partial charge < -0.3 is 5.32 Å². The molecule has 0 aliphatic carbocycles. The van der Waals surface area contributed by atoms with Crippen molar-refractivity contribution >= 4 is 11.6 Å². The quantitative estimate of drug-likeness (QED) is 0.906. The van der Waals surface area contributed by atoms with Crippen molar-refractivity contribution in [2.24, 2.45) is 0 Å². The zero-order valence-electron chi connectivity index (χ0n) is 9.89. The van der Waals surface area contributed by atoms with Gasteiger partial charge in [0.15, 0.2) is 0 Å². The van der Waals surface area contributed by atoms with Crippen molar-refractivity contribution in [3.8, 4) is 5.69 Å². The van der Waals surface area contributed by atoms with Crippen LogP contribution in [0.15, 0.2) is 30.5 Å². The van der Waals surface area contributed by atoms with Crippen LogP contribution in [-0.4, -0.2) is 21.0 Å². The van der Waals surface area contributed by atoms with Crippen LogP contribution in [-0.2, 0) is 6.54 Å². The molecule has 90 valence electrons. The van der Waals surface area contributed by atoms with Crippen LogP contribution in [0.4, 0.5) is 0 Å². The molecular formula is C12H15ClN4. The van der Waals surface area contributed by atoms with Gasteiger partial charge in [0.05, 0.1) is 17.6 Å². The molecule has 17 heavy (non-hydrogen) atoms. The molecule has 5 heteroatoms. The number of halogens is 1. The molecule has 0 aliphatic heterocycles. The summed E-state index contributed by atoms with van der Waals surface area (Å²) >= 11 is 5.86. The van der Waals surface area contributed by atoms with Gasteiger partial charge in [0, 0.05) is 17.6 Å². The lowest BCUT2D eigenvalue weighted by molar-refractivity contribution is 0.570. The van der Waals surface area contributed by atoms with E-state index in [1.165, 1.54) is 0 Å². The van der Waals surface area contributed by atoms with Gasteiger partial charge in [-0.3, -0.25) is 0 Å². The summed E-state index contributed by atoms with van der Waals surface area (Å²) in [5.74, 6) is 0. The van der Waals surface area contributed by atoms with E-state index in [0.717, 1.165) is 22.9 Å². The van der Waals surface area contributed by atoms with Gasteiger partial charge in [0.1, 0.15) is 0 Å². The number of aromatic nitrogens is 3. The van der Waals surface area contributed by atoms with E-state index in [4.69, 9.17) is 11.6 Å². The van der Waals surface area contributed by atoms with Crippen molar-refractivity contribution in [2.75, 3.05) is 0 Å². The van der Waals surface area contributed by atoms with Gasteiger partial charge in [0.25, 0.3) is 0 Å². The molecule has 0 aliphatic rings. The van der Waals surface area contributed by atoms with Crippen molar-refractivity contribution < 1.29 is 0 Å². The lowest BCUT2D eigenvalue weighted by Gasteiger charge is -2.09. The van der Waals surface area contributed by atoms with Gasteiger partial charge in [-0.25, -0.2) is 4.68 Å². The van der Waals surface area contributed by atoms with Crippen molar-refractivity contribution in [1.29, 1.82) is 0 Å². The molecule has 0 fully saturated rings. The van der Waals surface area contributed by atoms with Crippen LogP contribution >= 0.6 is 11.6 Å². The summed E-state index contributed by atoms with van der Waals surface area (Å²) in [6.07, 6.45) is 1.77. The predicted molar refractivity (Wildman–Crippen MR) is 68.3 cm³/mol. The third-order valence-corrected chi connectivity index (χ3v) is 2.63. The maximum atomic E-state index is 5.86. The third kappa shape index (κ3) is 3.05. The molecule has 0 unspecified atom stereocenters. The Hall–Kier alpha value is -1.39. The van der Waals surface area contributed by atoms with E-state index in [-0.39, 0.29) is 0 Å². The van der Waals surface area contributed by atoms with Crippen molar-refractivity contribution in [1.82, 2.24) is 20.3 Å². The molecule has 0 spiro atoms. The highest BCUT2D eigenvalue weighted by molar-refractivity contribution is 6.30. The van der Waals surface area contributed by atoms with Crippen LogP contribution in [0, 0.1) is 0 Å². The largest absolute Gasteiger partial charge is 0.309 e. The molecule has 1 aromatic heterocycles. The van der Waals surface area contributed by atoms with Crippen LogP contribution in [0.5, 0.6) is 0 Å². The van der Waals surface area contributed by atoms with E-state index >= 15 is 0 Å². The predicted octanol–water partition coefficient (Wildman–Crippen LogP) is 2.42. The maximum Gasteiger partial charge on any atom is 0.0783 e. The van der Waals surface area contributed by atoms with E-state index in [9.17, 15) is 0 Å². The van der Waals surface area contributed by atoms with E-state index in [1.54, 1.807) is 6.20 Å². The molecule has 2 aromatic rings. The van der Waals surface area contributed by atoms with E-state index in [0.29, 0.717) is 6.04 Å². The summed E-state index contributed by atoms with van der Waals surface area (Å²) in [5, 5.41) is 12.1. The third-order valence-electron chi connectivity index (χ3n) is 2.38. The summed E-state index contributed by atoms with van der Waals surface area (Å²) < 4.78 is 1.81. The first-order valence-electron chi connectivity index (χ1n) is 5.55. The summed E-state index contributed by atoms with van der Waals surface area (Å²) in [7, 11) is 0. The molecule has 0 radical (unpaired) electrons. The second-order valence-corrected chi connectivity index (χ2v) is 4.59. The molecule has 4 nitrogen and oxygen atoms in total. The van der Waals surface area contributed by atoms with Crippen molar-refractivity contribution in [3.63, 3.8) is 0 Å². The first-order valence-corrected chi connectivity index (χ1v) is 5.93. The number of benzene rings is 1. The Kier molecular flexibility index (Phi) is 3.76. The second-order valence-electron chi connectivity index (χ2n) is 4.15. The number of nitrogens with zero attached hydrogens (tertiary/aromatic N) is 3.